The molecule has 1 aromatic heterocycles. The third kappa shape index (κ3) is 4.18. The monoisotopic (exact) mass is 331 g/mol. The molecule has 1 N–H and O–H groups in total. The molecule has 0 fully saturated rings. The second kappa shape index (κ2) is 7.24. The van der Waals surface area contributed by atoms with Crippen molar-refractivity contribution >= 4 is 29.2 Å². The first-order chi connectivity index (χ1) is 11.0. The Morgan fingerprint density at radius 1 is 1.35 bits per heavy atom. The topological polar surface area (TPSA) is 106 Å². The number of nitrogens with zero attached hydrogens (tertiary/aromatic N) is 2. The van der Waals surface area contributed by atoms with Gasteiger partial charge in [0.15, 0.2) is 12.8 Å². The fourth-order valence-electron chi connectivity index (χ4n) is 1.67. The predicted octanol–water partition coefficient (Wildman–Crippen LogP) is 1.64. The van der Waals surface area contributed by atoms with E-state index in [2.05, 4.69) is 5.32 Å². The van der Waals surface area contributed by atoms with Crippen LogP contribution in [-0.4, -0.2) is 18.5 Å². The number of rotatable bonds is 4. The highest BCUT2D eigenvalue weighted by molar-refractivity contribution is 6.32. The van der Waals surface area contributed by atoms with E-state index < -0.39 is 18.5 Å². The average Bonchev–Trinajstić information content (AvgIpc) is 2.53. The highest BCUT2D eigenvalue weighted by Crippen LogP contribution is 2.20. The first-order valence-electron chi connectivity index (χ1n) is 6.36. The molecule has 0 radical (unpaired) electrons. The third-order valence-corrected chi connectivity index (χ3v) is 3.05. The molecule has 0 saturated carbocycles. The lowest BCUT2D eigenvalue weighted by Crippen LogP contribution is -2.35. The van der Waals surface area contributed by atoms with E-state index in [1.165, 1.54) is 36.4 Å². The number of aromatic nitrogens is 1. The van der Waals surface area contributed by atoms with E-state index in [0.29, 0.717) is 10.4 Å². The van der Waals surface area contributed by atoms with Gasteiger partial charge >= 0.3 is 11.7 Å². The molecule has 1 aromatic carbocycles. The lowest BCUT2D eigenvalue weighted by Gasteiger charge is -2.07. The predicted molar refractivity (Wildman–Crippen MR) is 80.5 cm³/mol. The van der Waals surface area contributed by atoms with Crippen LogP contribution in [0, 0.1) is 16.5 Å². The van der Waals surface area contributed by atoms with Gasteiger partial charge in [-0.1, -0.05) is 11.6 Å². The zero-order valence-corrected chi connectivity index (χ0v) is 12.4. The lowest BCUT2D eigenvalue weighted by atomic mass is 10.2. The Kier molecular flexibility index (Phi) is 5.12. The molecule has 0 atom stereocenters. The van der Waals surface area contributed by atoms with Crippen LogP contribution in [0.3, 0.4) is 0 Å². The second-order valence-corrected chi connectivity index (χ2v) is 4.75. The summed E-state index contributed by atoms with van der Waals surface area (Å²) in [6.45, 7) is -0.564. The summed E-state index contributed by atoms with van der Waals surface area (Å²) < 4.78 is 5.11. The summed E-state index contributed by atoms with van der Waals surface area (Å²) in [5, 5.41) is 22.8. The Morgan fingerprint density at radius 3 is 2.78 bits per heavy atom. The van der Waals surface area contributed by atoms with Crippen molar-refractivity contribution in [3.8, 4) is 6.07 Å². The van der Waals surface area contributed by atoms with Crippen molar-refractivity contribution in [1.82, 2.24) is 0 Å². The molecule has 116 valence electrons. The van der Waals surface area contributed by atoms with Gasteiger partial charge in [-0.05, 0) is 24.3 Å². The number of hydrogen-bond donors (Lipinski definition) is 1. The molecule has 2 aromatic rings. The van der Waals surface area contributed by atoms with Crippen molar-refractivity contribution in [2.45, 2.75) is 0 Å². The van der Waals surface area contributed by atoms with Gasteiger partial charge in [-0.25, -0.2) is 4.79 Å². The fraction of sp³-hybridized carbons (Fsp3) is 0.0667. The molecule has 0 aliphatic carbocycles. The number of anilines is 1. The first kappa shape index (κ1) is 16.3. The number of pyridine rings is 1. The number of carbonyl (C=O) groups excluding carboxylic acids is 2. The SMILES string of the molecule is N#Cc1ccc(NC(=O)COC(=O)c2cccc[n+]2[O-])cc1Cl. The molecule has 1 amide bonds. The quantitative estimate of drug-likeness (QED) is 0.520. The first-order valence-corrected chi connectivity index (χ1v) is 6.74. The number of benzene rings is 1. The molecule has 0 spiro atoms. The van der Waals surface area contributed by atoms with Crippen LogP contribution in [0.1, 0.15) is 16.1 Å². The van der Waals surface area contributed by atoms with Gasteiger partial charge in [-0.2, -0.15) is 9.99 Å². The van der Waals surface area contributed by atoms with Gasteiger partial charge in [0.25, 0.3) is 5.91 Å². The van der Waals surface area contributed by atoms with Crippen molar-refractivity contribution in [1.29, 1.82) is 5.26 Å². The number of hydrogen-bond acceptors (Lipinski definition) is 5. The minimum absolute atomic E-state index is 0.193. The maximum atomic E-state index is 11.7. The molecular weight excluding hydrogens is 322 g/mol. The lowest BCUT2D eigenvalue weighted by molar-refractivity contribution is -0.608. The Morgan fingerprint density at radius 2 is 2.13 bits per heavy atom. The molecule has 0 aliphatic heterocycles. The number of esters is 1. The van der Waals surface area contributed by atoms with Crippen LogP contribution in [0.2, 0.25) is 5.02 Å². The molecule has 8 heteroatoms. The third-order valence-electron chi connectivity index (χ3n) is 2.74. The van der Waals surface area contributed by atoms with Gasteiger partial charge < -0.3 is 15.3 Å². The Labute approximate surface area is 136 Å². The van der Waals surface area contributed by atoms with Gasteiger partial charge in [0.2, 0.25) is 0 Å². The highest BCUT2D eigenvalue weighted by Gasteiger charge is 2.18. The van der Waals surface area contributed by atoms with E-state index in [0.717, 1.165) is 6.20 Å². The largest absolute Gasteiger partial charge is 0.618 e. The summed E-state index contributed by atoms with van der Waals surface area (Å²) in [4.78, 5) is 23.4. The molecule has 7 nitrogen and oxygen atoms in total. The fourth-order valence-corrected chi connectivity index (χ4v) is 1.89. The molecule has 0 aliphatic rings. The van der Waals surface area contributed by atoms with Crippen molar-refractivity contribution in [3.63, 3.8) is 0 Å². The van der Waals surface area contributed by atoms with E-state index in [1.807, 2.05) is 6.07 Å². The van der Waals surface area contributed by atoms with Crippen LogP contribution in [0.4, 0.5) is 5.69 Å². The van der Waals surface area contributed by atoms with Gasteiger partial charge in [0.1, 0.15) is 6.07 Å². The zero-order valence-electron chi connectivity index (χ0n) is 11.7. The van der Waals surface area contributed by atoms with Crippen molar-refractivity contribution in [2.75, 3.05) is 11.9 Å². The molecule has 0 saturated heterocycles. The minimum Gasteiger partial charge on any atom is -0.618 e. The van der Waals surface area contributed by atoms with Crippen LogP contribution in [0.5, 0.6) is 0 Å². The van der Waals surface area contributed by atoms with Crippen LogP contribution in [0.15, 0.2) is 42.6 Å². The van der Waals surface area contributed by atoms with Crippen LogP contribution in [-0.2, 0) is 9.53 Å². The highest BCUT2D eigenvalue weighted by atomic mass is 35.5. The van der Waals surface area contributed by atoms with Crippen LogP contribution >= 0.6 is 11.6 Å². The minimum atomic E-state index is -0.909. The summed E-state index contributed by atoms with van der Waals surface area (Å²) in [7, 11) is 0. The Hall–Kier alpha value is -3.11. The number of nitriles is 1. The molecule has 0 bridgehead atoms. The average molecular weight is 332 g/mol. The van der Waals surface area contributed by atoms with Gasteiger partial charge in [0.05, 0.1) is 10.6 Å². The normalized spacial score (nSPS) is 9.74. The van der Waals surface area contributed by atoms with Crippen LogP contribution < -0.4 is 10.0 Å². The standard InChI is InChI=1S/C15H10ClN3O4/c16-12-7-11(5-4-10(12)8-17)18-14(20)9-23-15(21)13-3-1-2-6-19(13)22/h1-7H,9H2,(H,18,20). The summed E-state index contributed by atoms with van der Waals surface area (Å²) in [5.74, 6) is -1.51. The van der Waals surface area contributed by atoms with Gasteiger partial charge in [-0.3, -0.25) is 4.79 Å². The molecular formula is C15H10ClN3O4. The van der Waals surface area contributed by atoms with E-state index in [9.17, 15) is 14.8 Å². The van der Waals surface area contributed by atoms with E-state index in [1.54, 1.807) is 0 Å². The molecule has 1 heterocycles. The van der Waals surface area contributed by atoms with Crippen molar-refractivity contribution in [3.05, 3.63) is 64.1 Å². The van der Waals surface area contributed by atoms with Crippen molar-refractivity contribution in [2.24, 2.45) is 0 Å². The summed E-state index contributed by atoms with van der Waals surface area (Å²) in [6, 6.07) is 10.5. The molecule has 2 rings (SSSR count). The van der Waals surface area contributed by atoms with E-state index in [-0.39, 0.29) is 16.3 Å². The van der Waals surface area contributed by atoms with E-state index in [4.69, 9.17) is 21.6 Å². The number of carbonyl (C=O) groups is 2. The second-order valence-electron chi connectivity index (χ2n) is 4.34. The number of nitrogens with one attached hydrogen (secondary N) is 1. The Bertz CT molecular complexity index is 802. The maximum absolute atomic E-state index is 11.7. The van der Waals surface area contributed by atoms with E-state index >= 15 is 0 Å². The maximum Gasteiger partial charge on any atom is 0.405 e. The summed E-state index contributed by atoms with van der Waals surface area (Å²) in [6.07, 6.45) is 1.15. The smallest absolute Gasteiger partial charge is 0.405 e. The number of amides is 1. The van der Waals surface area contributed by atoms with Gasteiger partial charge in [-0.15, -0.1) is 0 Å². The zero-order chi connectivity index (χ0) is 16.8. The van der Waals surface area contributed by atoms with Gasteiger partial charge in [0, 0.05) is 17.8 Å². The number of halogens is 1. The van der Waals surface area contributed by atoms with Crippen LogP contribution in [0.25, 0.3) is 0 Å². The Balaban J connectivity index is 1.93. The number of ether oxygens (including phenoxy) is 1. The summed E-state index contributed by atoms with van der Waals surface area (Å²) >= 11 is 5.84. The van der Waals surface area contributed by atoms with Crippen molar-refractivity contribution < 1.29 is 19.1 Å². The summed E-state index contributed by atoms with van der Waals surface area (Å²) in [5.41, 5.74) is 0.413. The molecule has 23 heavy (non-hydrogen) atoms. The molecule has 0 unspecified atom stereocenters.